The van der Waals surface area contributed by atoms with E-state index in [0.29, 0.717) is 12.3 Å². The molecule has 0 bridgehead atoms. The van der Waals surface area contributed by atoms with Crippen molar-refractivity contribution in [2.24, 2.45) is 0 Å². The maximum atomic E-state index is 13.2. The van der Waals surface area contributed by atoms with Crippen LogP contribution in [0.15, 0.2) is 91.7 Å². The number of hydrogen-bond donors (Lipinski definition) is 1. The number of nitrogens with zero attached hydrogens (tertiary/aromatic N) is 1. The summed E-state index contributed by atoms with van der Waals surface area (Å²) in [4.78, 5) is 4.04. The van der Waals surface area contributed by atoms with Crippen molar-refractivity contribution in [3.8, 4) is 11.7 Å². The quantitative estimate of drug-likeness (QED) is 0.481. The number of halogens is 1. The maximum Gasteiger partial charge on any atom is 0.266 e. The van der Waals surface area contributed by atoms with Gasteiger partial charge >= 0.3 is 0 Å². The van der Waals surface area contributed by atoms with Gasteiger partial charge in [-0.3, -0.25) is 0 Å². The Labute approximate surface area is 160 Å². The molecule has 0 aliphatic rings. The number of anilines is 1. The fourth-order valence-corrected chi connectivity index (χ4v) is 3.89. The molecule has 1 N–H and O–H groups in total. The number of aromatic nitrogens is 1. The molecule has 0 saturated carbocycles. The molecule has 8 heteroatoms. The number of sulfone groups is 1. The first-order valence-electron chi connectivity index (χ1n) is 8.37. The first-order valence-corrected chi connectivity index (χ1v) is 9.85. The molecule has 0 spiro atoms. The van der Waals surface area contributed by atoms with Crippen molar-refractivity contribution < 1.29 is 21.6 Å². The SMILES string of the molecule is O=S(=O)(c1ccc(F)cc1)c1nc(-c2ccco2)oc1NCc1ccccc1. The Balaban J connectivity index is 1.74. The minimum Gasteiger partial charge on any atom is -0.459 e. The molecule has 0 amide bonds. The lowest BCUT2D eigenvalue weighted by molar-refractivity contribution is 0.522. The van der Waals surface area contributed by atoms with Gasteiger partial charge in [0.05, 0.1) is 11.2 Å². The van der Waals surface area contributed by atoms with Crippen LogP contribution in [-0.4, -0.2) is 13.4 Å². The largest absolute Gasteiger partial charge is 0.459 e. The van der Waals surface area contributed by atoms with E-state index in [0.717, 1.165) is 17.7 Å². The van der Waals surface area contributed by atoms with Crippen molar-refractivity contribution in [1.82, 2.24) is 4.98 Å². The number of oxazole rings is 1. The van der Waals surface area contributed by atoms with E-state index in [1.54, 1.807) is 12.1 Å². The summed E-state index contributed by atoms with van der Waals surface area (Å²) in [6, 6.07) is 17.2. The molecule has 142 valence electrons. The van der Waals surface area contributed by atoms with Gasteiger partial charge in [0.25, 0.3) is 5.89 Å². The topological polar surface area (TPSA) is 85.3 Å². The Morgan fingerprint density at radius 1 is 0.964 bits per heavy atom. The van der Waals surface area contributed by atoms with Crippen LogP contribution < -0.4 is 5.32 Å². The third kappa shape index (κ3) is 3.54. The monoisotopic (exact) mass is 398 g/mol. The van der Waals surface area contributed by atoms with Crippen LogP contribution in [0.3, 0.4) is 0 Å². The number of furan rings is 1. The lowest BCUT2D eigenvalue weighted by Gasteiger charge is -2.06. The van der Waals surface area contributed by atoms with E-state index in [4.69, 9.17) is 8.83 Å². The van der Waals surface area contributed by atoms with Crippen molar-refractivity contribution in [3.63, 3.8) is 0 Å². The molecule has 6 nitrogen and oxygen atoms in total. The Morgan fingerprint density at radius 3 is 2.39 bits per heavy atom. The molecule has 0 aliphatic heterocycles. The first-order chi connectivity index (χ1) is 13.5. The molecule has 0 saturated heterocycles. The molecule has 0 radical (unpaired) electrons. The van der Waals surface area contributed by atoms with E-state index in [-0.39, 0.29) is 21.7 Å². The molecular formula is C20H15FN2O4S. The van der Waals surface area contributed by atoms with Gasteiger partial charge in [-0.15, -0.1) is 0 Å². The van der Waals surface area contributed by atoms with Gasteiger partial charge in [0.2, 0.25) is 20.7 Å². The second-order valence-corrected chi connectivity index (χ2v) is 7.79. The highest BCUT2D eigenvalue weighted by atomic mass is 32.2. The molecule has 2 heterocycles. The van der Waals surface area contributed by atoms with Crippen LogP contribution in [0.4, 0.5) is 10.3 Å². The second-order valence-electron chi connectivity index (χ2n) is 5.93. The van der Waals surface area contributed by atoms with Gasteiger partial charge in [0.1, 0.15) is 5.82 Å². The van der Waals surface area contributed by atoms with Gasteiger partial charge in [0.15, 0.2) is 5.76 Å². The highest BCUT2D eigenvalue weighted by Gasteiger charge is 2.29. The van der Waals surface area contributed by atoms with Gasteiger partial charge in [0, 0.05) is 6.54 Å². The van der Waals surface area contributed by atoms with Crippen LogP contribution in [-0.2, 0) is 16.4 Å². The third-order valence-corrected chi connectivity index (χ3v) is 5.68. The Bertz CT molecular complexity index is 1170. The predicted molar refractivity (Wildman–Crippen MR) is 99.8 cm³/mol. The van der Waals surface area contributed by atoms with Crippen molar-refractivity contribution in [2.45, 2.75) is 16.5 Å². The molecule has 0 atom stereocenters. The second kappa shape index (κ2) is 7.32. The average Bonchev–Trinajstić information content (AvgIpc) is 3.37. The summed E-state index contributed by atoms with van der Waals surface area (Å²) in [7, 11) is -4.04. The number of hydrogen-bond acceptors (Lipinski definition) is 6. The standard InChI is InChI=1S/C20H15FN2O4S/c21-15-8-10-16(11-9-15)28(24,25)20-19(22-13-14-5-2-1-3-6-14)27-18(23-20)17-7-4-12-26-17/h1-12,22H,13H2. The highest BCUT2D eigenvalue weighted by molar-refractivity contribution is 7.91. The fourth-order valence-electron chi connectivity index (χ4n) is 2.61. The zero-order valence-electron chi connectivity index (χ0n) is 14.5. The molecule has 28 heavy (non-hydrogen) atoms. The summed E-state index contributed by atoms with van der Waals surface area (Å²) in [6.45, 7) is 0.333. The molecule has 2 aromatic heterocycles. The summed E-state index contributed by atoms with van der Waals surface area (Å²) in [5.41, 5.74) is 0.934. The van der Waals surface area contributed by atoms with Crippen LogP contribution >= 0.6 is 0 Å². The number of rotatable bonds is 6. The van der Waals surface area contributed by atoms with E-state index in [2.05, 4.69) is 10.3 Å². The van der Waals surface area contributed by atoms with E-state index in [1.807, 2.05) is 30.3 Å². The summed E-state index contributed by atoms with van der Waals surface area (Å²) in [6.07, 6.45) is 1.44. The average molecular weight is 398 g/mol. The molecule has 0 fully saturated rings. The van der Waals surface area contributed by atoms with E-state index in [1.165, 1.54) is 18.4 Å². The predicted octanol–water partition coefficient (Wildman–Crippen LogP) is 4.52. The summed E-state index contributed by atoms with van der Waals surface area (Å²) in [5.74, 6) is -0.220. The van der Waals surface area contributed by atoms with E-state index in [9.17, 15) is 12.8 Å². The zero-order valence-corrected chi connectivity index (χ0v) is 15.3. The van der Waals surface area contributed by atoms with Crippen LogP contribution in [0.1, 0.15) is 5.56 Å². The van der Waals surface area contributed by atoms with Crippen LogP contribution in [0.5, 0.6) is 0 Å². The van der Waals surface area contributed by atoms with Gasteiger partial charge in [-0.05, 0) is 42.0 Å². The van der Waals surface area contributed by atoms with Gasteiger partial charge in [-0.1, -0.05) is 30.3 Å². The van der Waals surface area contributed by atoms with Gasteiger partial charge in [-0.25, -0.2) is 12.8 Å². The third-order valence-electron chi connectivity index (χ3n) is 4.00. The zero-order chi connectivity index (χ0) is 19.6. The van der Waals surface area contributed by atoms with Crippen molar-refractivity contribution in [3.05, 3.63) is 84.4 Å². The van der Waals surface area contributed by atoms with E-state index >= 15 is 0 Å². The van der Waals surface area contributed by atoms with Crippen LogP contribution in [0, 0.1) is 5.82 Å². The molecule has 0 aliphatic carbocycles. The molecule has 0 unspecified atom stereocenters. The minimum absolute atomic E-state index is 0.0143. The van der Waals surface area contributed by atoms with Crippen molar-refractivity contribution in [2.75, 3.05) is 5.32 Å². The normalized spacial score (nSPS) is 11.5. The molecule has 4 aromatic rings. The Morgan fingerprint density at radius 2 is 1.71 bits per heavy atom. The van der Waals surface area contributed by atoms with E-state index < -0.39 is 15.7 Å². The van der Waals surface area contributed by atoms with Gasteiger partial charge in [-0.2, -0.15) is 4.98 Å². The van der Waals surface area contributed by atoms with Crippen LogP contribution in [0.25, 0.3) is 11.7 Å². The summed E-state index contributed by atoms with van der Waals surface area (Å²) in [5, 5.41) is 2.68. The van der Waals surface area contributed by atoms with Crippen LogP contribution in [0.2, 0.25) is 0 Å². The summed E-state index contributed by atoms with van der Waals surface area (Å²) >= 11 is 0. The number of benzene rings is 2. The van der Waals surface area contributed by atoms with Crippen molar-refractivity contribution in [1.29, 1.82) is 0 Å². The maximum absolute atomic E-state index is 13.2. The smallest absolute Gasteiger partial charge is 0.266 e. The molecule has 4 rings (SSSR count). The molecule has 2 aromatic carbocycles. The fraction of sp³-hybridized carbons (Fsp3) is 0.0500. The van der Waals surface area contributed by atoms with Gasteiger partial charge < -0.3 is 14.2 Å². The van der Waals surface area contributed by atoms with Crippen molar-refractivity contribution >= 4 is 15.7 Å². The number of nitrogens with one attached hydrogen (secondary N) is 1. The summed E-state index contributed by atoms with van der Waals surface area (Å²) < 4.78 is 50.2. The molecular weight excluding hydrogens is 383 g/mol. The lowest BCUT2D eigenvalue weighted by atomic mass is 10.2. The lowest BCUT2D eigenvalue weighted by Crippen LogP contribution is -2.07. The Kier molecular flexibility index (Phi) is 4.70. The highest BCUT2D eigenvalue weighted by Crippen LogP contribution is 2.32. The first kappa shape index (κ1) is 18.0. The Hall–Kier alpha value is -3.39. The minimum atomic E-state index is -4.04.